The van der Waals surface area contributed by atoms with Gasteiger partial charge in [0.05, 0.1) is 6.61 Å². The summed E-state index contributed by atoms with van der Waals surface area (Å²) in [6, 6.07) is 3.18. The Labute approximate surface area is 201 Å². The Kier molecular flexibility index (Phi) is 8.76. The Morgan fingerprint density at radius 2 is 1.50 bits per heavy atom. The molecule has 0 aliphatic heterocycles. The first kappa shape index (κ1) is 25.3. The molecular formula is C29H38F4O. The predicted octanol–water partition coefficient (Wildman–Crippen LogP) is 8.98. The highest BCUT2D eigenvalue weighted by atomic mass is 19.2. The number of halogens is 4. The normalized spacial score (nSPS) is 30.7. The summed E-state index contributed by atoms with van der Waals surface area (Å²) >= 11 is 0. The molecule has 1 nitrogen and oxygen atoms in total. The molecule has 5 heteroatoms. The second-order valence-electron chi connectivity index (χ2n) is 10.5. The van der Waals surface area contributed by atoms with E-state index in [1.807, 2.05) is 0 Å². The number of alkyl halides is 1. The largest absolute Gasteiger partial charge is 0.491 e. The Morgan fingerprint density at radius 1 is 0.882 bits per heavy atom. The molecule has 3 aliphatic rings. The molecule has 188 valence electrons. The molecule has 2 fully saturated rings. The Balaban J connectivity index is 1.26. The second kappa shape index (κ2) is 11.8. The quantitative estimate of drug-likeness (QED) is 0.355. The molecule has 0 radical (unpaired) electrons. The highest BCUT2D eigenvalue weighted by Crippen LogP contribution is 2.46. The summed E-state index contributed by atoms with van der Waals surface area (Å²) in [6.07, 6.45) is 15.7. The molecule has 34 heavy (non-hydrogen) atoms. The molecule has 0 aromatic heterocycles. The van der Waals surface area contributed by atoms with Crippen molar-refractivity contribution >= 4 is 5.57 Å². The summed E-state index contributed by atoms with van der Waals surface area (Å²) in [7, 11) is 0. The van der Waals surface area contributed by atoms with Gasteiger partial charge in [0, 0.05) is 5.56 Å². The summed E-state index contributed by atoms with van der Waals surface area (Å²) < 4.78 is 59.7. The van der Waals surface area contributed by atoms with Crippen LogP contribution in [-0.2, 0) is 0 Å². The molecular weight excluding hydrogens is 440 g/mol. The van der Waals surface area contributed by atoms with Crippen LogP contribution in [0.4, 0.5) is 17.6 Å². The van der Waals surface area contributed by atoms with Crippen LogP contribution in [0.15, 0.2) is 30.1 Å². The van der Waals surface area contributed by atoms with Gasteiger partial charge in [0.2, 0.25) is 5.82 Å². The van der Waals surface area contributed by atoms with Crippen LogP contribution in [0.2, 0.25) is 0 Å². The van der Waals surface area contributed by atoms with Crippen molar-refractivity contribution in [3.8, 4) is 5.75 Å². The summed E-state index contributed by atoms with van der Waals surface area (Å²) in [5.74, 6) is 0.735. The molecule has 0 spiro atoms. The predicted molar refractivity (Wildman–Crippen MR) is 129 cm³/mol. The van der Waals surface area contributed by atoms with E-state index in [-0.39, 0.29) is 11.7 Å². The fraction of sp³-hybridized carbons (Fsp3) is 0.655. The van der Waals surface area contributed by atoms with Gasteiger partial charge in [-0.15, -0.1) is 0 Å². The fourth-order valence-corrected chi connectivity index (χ4v) is 6.75. The number of hydrogen-bond donors (Lipinski definition) is 0. The molecule has 1 unspecified atom stereocenters. The van der Waals surface area contributed by atoms with Gasteiger partial charge in [0.25, 0.3) is 0 Å². The van der Waals surface area contributed by atoms with E-state index in [0.29, 0.717) is 24.0 Å². The third-order valence-electron chi connectivity index (χ3n) is 8.65. The zero-order valence-electron chi connectivity index (χ0n) is 20.3. The molecule has 1 atom stereocenters. The molecule has 0 heterocycles. The van der Waals surface area contributed by atoms with Gasteiger partial charge in [-0.3, -0.25) is 0 Å². The average molecular weight is 479 g/mol. The van der Waals surface area contributed by atoms with Gasteiger partial charge in [-0.25, -0.2) is 13.2 Å². The number of allylic oxidation sites excluding steroid dienone is 4. The van der Waals surface area contributed by atoms with Gasteiger partial charge >= 0.3 is 0 Å². The minimum atomic E-state index is -0.978. The van der Waals surface area contributed by atoms with Gasteiger partial charge in [-0.1, -0.05) is 6.08 Å². The van der Waals surface area contributed by atoms with E-state index in [4.69, 9.17) is 4.74 Å². The van der Waals surface area contributed by atoms with Crippen molar-refractivity contribution in [3.05, 3.63) is 47.3 Å². The Morgan fingerprint density at radius 3 is 2.06 bits per heavy atom. The molecule has 4 rings (SSSR count). The molecule has 3 aliphatic carbocycles. The van der Waals surface area contributed by atoms with Crippen LogP contribution < -0.4 is 4.74 Å². The standard InChI is InChI=1S/C29H38F4O/c1-2-34-27-16-15-26(28(32)29(27)33)24-13-11-23(12-14-24)22-9-7-21(8-10-22)20-5-3-19(4-6-20)17-25(31)18-30/h13,15-17,19-23H,2-12,14,18H2,1H3. The number of ether oxygens (including phenoxy) is 1. The molecule has 0 N–H and O–H groups in total. The minimum absolute atomic E-state index is 0.0216. The second-order valence-corrected chi connectivity index (χ2v) is 10.5. The van der Waals surface area contributed by atoms with E-state index in [1.165, 1.54) is 37.8 Å². The van der Waals surface area contributed by atoms with E-state index in [9.17, 15) is 17.6 Å². The van der Waals surface area contributed by atoms with Crippen molar-refractivity contribution in [3.63, 3.8) is 0 Å². The van der Waals surface area contributed by atoms with Gasteiger partial charge < -0.3 is 4.74 Å². The lowest BCUT2D eigenvalue weighted by atomic mass is 9.66. The van der Waals surface area contributed by atoms with E-state index in [1.54, 1.807) is 13.0 Å². The van der Waals surface area contributed by atoms with Crippen LogP contribution in [0.25, 0.3) is 5.57 Å². The maximum atomic E-state index is 14.6. The van der Waals surface area contributed by atoms with Gasteiger partial charge in [-0.2, -0.15) is 4.39 Å². The van der Waals surface area contributed by atoms with E-state index < -0.39 is 24.1 Å². The third-order valence-corrected chi connectivity index (χ3v) is 8.65. The van der Waals surface area contributed by atoms with Crippen LogP contribution in [0, 0.1) is 41.2 Å². The number of benzene rings is 1. The number of rotatable bonds is 7. The SMILES string of the molecule is CCOc1ccc(C2=CCC(C3CCC(C4CCC(C=C(F)CF)CC4)CC3)CC2)c(F)c1F. The van der Waals surface area contributed by atoms with Gasteiger partial charge in [-0.05, 0) is 131 Å². The molecule has 1 aromatic carbocycles. The molecule has 2 saturated carbocycles. The van der Waals surface area contributed by atoms with Crippen LogP contribution in [0.3, 0.4) is 0 Å². The summed E-state index contributed by atoms with van der Waals surface area (Å²) in [4.78, 5) is 0. The molecule has 1 aromatic rings. The van der Waals surface area contributed by atoms with Gasteiger partial charge in [0.1, 0.15) is 12.5 Å². The summed E-state index contributed by atoms with van der Waals surface area (Å²) in [5, 5.41) is 0. The summed E-state index contributed by atoms with van der Waals surface area (Å²) in [6.45, 7) is 1.08. The van der Waals surface area contributed by atoms with Crippen molar-refractivity contribution in [2.75, 3.05) is 13.3 Å². The lowest BCUT2D eigenvalue weighted by Gasteiger charge is -2.40. The topological polar surface area (TPSA) is 9.23 Å². The van der Waals surface area contributed by atoms with Gasteiger partial charge in [0.15, 0.2) is 11.6 Å². The summed E-state index contributed by atoms with van der Waals surface area (Å²) in [5.41, 5.74) is 1.29. The molecule has 0 bridgehead atoms. The lowest BCUT2D eigenvalue weighted by molar-refractivity contribution is 0.128. The smallest absolute Gasteiger partial charge is 0.201 e. The monoisotopic (exact) mass is 478 g/mol. The highest BCUT2D eigenvalue weighted by molar-refractivity contribution is 5.67. The minimum Gasteiger partial charge on any atom is -0.491 e. The van der Waals surface area contributed by atoms with Crippen molar-refractivity contribution < 1.29 is 22.3 Å². The van der Waals surface area contributed by atoms with Crippen molar-refractivity contribution in [2.45, 2.75) is 77.6 Å². The maximum absolute atomic E-state index is 14.6. The van der Waals surface area contributed by atoms with E-state index in [0.717, 1.165) is 62.4 Å². The first-order chi connectivity index (χ1) is 16.5. The highest BCUT2D eigenvalue weighted by Gasteiger charge is 2.34. The zero-order valence-corrected chi connectivity index (χ0v) is 20.3. The van der Waals surface area contributed by atoms with Crippen molar-refractivity contribution in [1.29, 1.82) is 0 Å². The van der Waals surface area contributed by atoms with E-state index in [2.05, 4.69) is 6.08 Å². The fourth-order valence-electron chi connectivity index (χ4n) is 6.75. The first-order valence-electron chi connectivity index (χ1n) is 13.2. The van der Waals surface area contributed by atoms with E-state index >= 15 is 0 Å². The molecule has 0 amide bonds. The Bertz CT molecular complexity index is 876. The lowest BCUT2D eigenvalue weighted by Crippen LogP contribution is -2.28. The first-order valence-corrected chi connectivity index (χ1v) is 13.2. The Hall–Kier alpha value is -1.78. The zero-order chi connectivity index (χ0) is 24.1. The van der Waals surface area contributed by atoms with Crippen molar-refractivity contribution in [2.24, 2.45) is 29.6 Å². The average Bonchev–Trinajstić information content (AvgIpc) is 2.88. The van der Waals surface area contributed by atoms with Crippen LogP contribution >= 0.6 is 0 Å². The maximum Gasteiger partial charge on any atom is 0.201 e. The van der Waals surface area contributed by atoms with Crippen LogP contribution in [0.1, 0.15) is 83.1 Å². The van der Waals surface area contributed by atoms with Crippen LogP contribution in [0.5, 0.6) is 5.75 Å². The third kappa shape index (κ3) is 5.88. The van der Waals surface area contributed by atoms with Crippen molar-refractivity contribution in [1.82, 2.24) is 0 Å². The molecule has 0 saturated heterocycles. The van der Waals surface area contributed by atoms with Crippen LogP contribution in [-0.4, -0.2) is 13.3 Å². The number of hydrogen-bond acceptors (Lipinski definition) is 1.